The number of nitrogens with zero attached hydrogens (tertiary/aromatic N) is 6. The topological polar surface area (TPSA) is 125 Å². The number of rotatable bonds is 9. The van der Waals surface area contributed by atoms with Crippen molar-refractivity contribution in [3.05, 3.63) is 77.7 Å². The Balaban J connectivity index is 1.19. The summed E-state index contributed by atoms with van der Waals surface area (Å²) >= 11 is 1.50. The summed E-state index contributed by atoms with van der Waals surface area (Å²) in [6.07, 6.45) is 6.80. The molecule has 48 heavy (non-hydrogen) atoms. The average Bonchev–Trinajstić information content (AvgIpc) is 3.55. The van der Waals surface area contributed by atoms with E-state index in [0.717, 1.165) is 66.6 Å². The second-order valence-electron chi connectivity index (χ2n) is 11.6. The normalized spacial score (nSPS) is 18.7. The van der Waals surface area contributed by atoms with Gasteiger partial charge in [-0.25, -0.2) is 37.1 Å². The van der Waals surface area contributed by atoms with Crippen LogP contribution in [0, 0.1) is 0 Å². The lowest BCUT2D eigenvalue weighted by Gasteiger charge is -2.27. The van der Waals surface area contributed by atoms with Crippen molar-refractivity contribution in [3.8, 4) is 21.8 Å². The number of pyridine rings is 1. The Morgan fingerprint density at radius 1 is 0.938 bits per heavy atom. The zero-order chi connectivity index (χ0) is 33.1. The Morgan fingerprint density at radius 2 is 1.77 bits per heavy atom. The maximum absolute atomic E-state index is 14.5. The fraction of sp³-hybridized carbons (Fsp3) is 0.333. The SMILES string of the molecule is O=S(=O)(Nc1cccc(-c2nc(N3CCCCC3)sc2-c2ccnc(Nc3ccc(N4CCOCC4)nc3)n2)c1)C1=C(F)C=CCC1F. The van der Waals surface area contributed by atoms with Crippen molar-refractivity contribution in [3.63, 3.8) is 0 Å². The number of nitrogens with one attached hydrogen (secondary N) is 2. The molecule has 1 unspecified atom stereocenters. The lowest BCUT2D eigenvalue weighted by Crippen LogP contribution is -2.36. The smallest absolute Gasteiger partial charge is 0.263 e. The van der Waals surface area contributed by atoms with Gasteiger partial charge in [-0.2, -0.15) is 0 Å². The van der Waals surface area contributed by atoms with Gasteiger partial charge in [0.15, 0.2) is 5.13 Å². The number of halogens is 2. The summed E-state index contributed by atoms with van der Waals surface area (Å²) in [4.78, 5) is 23.2. The Labute approximate surface area is 281 Å². The summed E-state index contributed by atoms with van der Waals surface area (Å²) in [6.45, 7) is 4.71. The summed E-state index contributed by atoms with van der Waals surface area (Å²) in [5.74, 6) is 0.151. The van der Waals surface area contributed by atoms with Crippen LogP contribution in [0.25, 0.3) is 21.8 Å². The van der Waals surface area contributed by atoms with Gasteiger partial charge in [-0.1, -0.05) is 29.5 Å². The van der Waals surface area contributed by atoms with Crippen LogP contribution in [0.4, 0.5) is 37.1 Å². The van der Waals surface area contributed by atoms with Crippen LogP contribution in [0.3, 0.4) is 0 Å². The van der Waals surface area contributed by atoms with Crippen LogP contribution in [-0.4, -0.2) is 73.9 Å². The van der Waals surface area contributed by atoms with Crippen LogP contribution in [0.15, 0.2) is 77.7 Å². The fourth-order valence-electron chi connectivity index (χ4n) is 5.88. The molecule has 1 aromatic carbocycles. The molecule has 0 amide bonds. The number of alkyl halides is 1. The molecule has 7 rings (SSSR count). The number of benzene rings is 1. The molecule has 250 valence electrons. The molecule has 3 aromatic heterocycles. The van der Waals surface area contributed by atoms with Gasteiger partial charge >= 0.3 is 0 Å². The molecule has 2 aliphatic heterocycles. The highest BCUT2D eigenvalue weighted by Gasteiger charge is 2.32. The van der Waals surface area contributed by atoms with Crippen LogP contribution in [-0.2, 0) is 14.8 Å². The van der Waals surface area contributed by atoms with Gasteiger partial charge in [-0.15, -0.1) is 0 Å². The van der Waals surface area contributed by atoms with Gasteiger partial charge in [-0.05, 0) is 55.7 Å². The van der Waals surface area contributed by atoms with Gasteiger partial charge in [0.05, 0.1) is 41.4 Å². The first-order valence-electron chi connectivity index (χ1n) is 15.8. The number of thiazole rings is 1. The highest BCUT2D eigenvalue weighted by Crippen LogP contribution is 2.41. The number of hydrogen-bond acceptors (Lipinski definition) is 11. The molecule has 11 nitrogen and oxygen atoms in total. The number of morpholine rings is 1. The molecular formula is C33H34F2N8O3S2. The first-order chi connectivity index (χ1) is 23.3. The number of sulfonamides is 1. The second-order valence-corrected chi connectivity index (χ2v) is 14.2. The van der Waals surface area contributed by atoms with Crippen LogP contribution < -0.4 is 19.8 Å². The van der Waals surface area contributed by atoms with Crippen molar-refractivity contribution < 1.29 is 21.9 Å². The molecule has 0 bridgehead atoms. The molecule has 0 spiro atoms. The molecular weight excluding hydrogens is 659 g/mol. The third-order valence-corrected chi connectivity index (χ3v) is 10.9. The predicted molar refractivity (Wildman–Crippen MR) is 185 cm³/mol. The van der Waals surface area contributed by atoms with Crippen molar-refractivity contribution in [2.75, 3.05) is 59.2 Å². The minimum atomic E-state index is -4.49. The van der Waals surface area contributed by atoms with E-state index < -0.39 is 26.9 Å². The quantitative estimate of drug-likeness (QED) is 0.202. The van der Waals surface area contributed by atoms with Gasteiger partial charge in [0.1, 0.15) is 22.7 Å². The molecule has 2 N–H and O–H groups in total. The Hall–Kier alpha value is -4.47. The van der Waals surface area contributed by atoms with Crippen molar-refractivity contribution in [1.29, 1.82) is 0 Å². The number of ether oxygens (including phenoxy) is 1. The van der Waals surface area contributed by atoms with E-state index in [0.29, 0.717) is 36.1 Å². The van der Waals surface area contributed by atoms with Gasteiger partial charge in [0.2, 0.25) is 5.95 Å². The largest absolute Gasteiger partial charge is 0.378 e. The Bertz CT molecular complexity index is 1940. The van der Waals surface area contributed by atoms with Crippen molar-refractivity contribution >= 4 is 49.6 Å². The lowest BCUT2D eigenvalue weighted by molar-refractivity contribution is 0.122. The van der Waals surface area contributed by atoms with Crippen LogP contribution in [0.1, 0.15) is 25.7 Å². The number of aromatic nitrogens is 4. The number of piperidine rings is 1. The zero-order valence-electron chi connectivity index (χ0n) is 26.0. The molecule has 3 aliphatic rings. The molecule has 2 fully saturated rings. The van der Waals surface area contributed by atoms with Gasteiger partial charge in [-0.3, -0.25) is 4.72 Å². The highest BCUT2D eigenvalue weighted by atomic mass is 32.2. The van der Waals surface area contributed by atoms with E-state index in [1.165, 1.54) is 29.9 Å². The number of allylic oxidation sites excluding steroid dienone is 4. The third kappa shape index (κ3) is 7.03. The van der Waals surface area contributed by atoms with E-state index in [2.05, 4.69) is 29.8 Å². The monoisotopic (exact) mass is 692 g/mol. The third-order valence-electron chi connectivity index (χ3n) is 8.27. The zero-order valence-corrected chi connectivity index (χ0v) is 27.6. The standard InChI is InChI=1S/C33H34F2N8O3S2/c34-25-8-5-9-26(35)31(25)48(44,45)41-23-7-4-6-22(20-23)29-30(47-33(40-29)43-14-2-1-3-15-43)27-12-13-36-32(39-27)38-24-10-11-28(37-21-24)42-16-18-46-19-17-42/h4-8,10-13,20-21,26,41H,1-3,9,14-19H2,(H,36,38,39). The molecule has 2 saturated heterocycles. The van der Waals surface area contributed by atoms with E-state index >= 15 is 0 Å². The minimum absolute atomic E-state index is 0.158. The van der Waals surface area contributed by atoms with Crippen molar-refractivity contribution in [2.24, 2.45) is 0 Å². The first kappa shape index (κ1) is 32.1. The summed E-state index contributed by atoms with van der Waals surface area (Å²) in [5.41, 5.74) is 2.76. The maximum Gasteiger partial charge on any atom is 0.263 e. The van der Waals surface area contributed by atoms with Crippen LogP contribution >= 0.6 is 11.3 Å². The van der Waals surface area contributed by atoms with Gasteiger partial charge in [0.25, 0.3) is 10.0 Å². The summed E-state index contributed by atoms with van der Waals surface area (Å²) in [6, 6.07) is 12.3. The lowest BCUT2D eigenvalue weighted by atomic mass is 10.1. The molecule has 0 saturated carbocycles. The second kappa shape index (κ2) is 13.9. The molecule has 4 aromatic rings. The maximum atomic E-state index is 14.5. The molecule has 5 heterocycles. The Morgan fingerprint density at radius 3 is 2.54 bits per heavy atom. The molecule has 1 aliphatic carbocycles. The number of hydrogen-bond donors (Lipinski definition) is 2. The summed E-state index contributed by atoms with van der Waals surface area (Å²) in [7, 11) is -4.49. The molecule has 15 heteroatoms. The van der Waals surface area contributed by atoms with E-state index in [-0.39, 0.29) is 12.1 Å². The van der Waals surface area contributed by atoms with Crippen molar-refractivity contribution in [2.45, 2.75) is 31.9 Å². The number of anilines is 5. The minimum Gasteiger partial charge on any atom is -0.378 e. The highest BCUT2D eigenvalue weighted by molar-refractivity contribution is 7.96. The van der Waals surface area contributed by atoms with Gasteiger partial charge in [0, 0.05) is 50.0 Å². The van der Waals surface area contributed by atoms with E-state index in [1.807, 2.05) is 24.3 Å². The van der Waals surface area contributed by atoms with Crippen LogP contribution in [0.2, 0.25) is 0 Å². The first-order valence-corrected chi connectivity index (χ1v) is 18.1. The Kier molecular flexibility index (Phi) is 9.32. The molecule has 0 radical (unpaired) electrons. The van der Waals surface area contributed by atoms with Gasteiger partial charge < -0.3 is 19.9 Å². The van der Waals surface area contributed by atoms with Crippen LogP contribution in [0.5, 0.6) is 0 Å². The fourth-order valence-corrected chi connectivity index (χ4v) is 8.29. The van der Waals surface area contributed by atoms with E-state index in [4.69, 9.17) is 14.7 Å². The summed E-state index contributed by atoms with van der Waals surface area (Å²) in [5, 5.41) is 4.08. The molecule has 1 atom stereocenters. The summed E-state index contributed by atoms with van der Waals surface area (Å²) < 4.78 is 62.9. The predicted octanol–water partition coefficient (Wildman–Crippen LogP) is 6.45. The van der Waals surface area contributed by atoms with Crippen molar-refractivity contribution in [1.82, 2.24) is 19.9 Å². The average molecular weight is 693 g/mol. The van der Waals surface area contributed by atoms with E-state index in [9.17, 15) is 17.2 Å². The van der Waals surface area contributed by atoms with E-state index in [1.54, 1.807) is 24.5 Å².